The molecule has 0 radical (unpaired) electrons. The summed E-state index contributed by atoms with van der Waals surface area (Å²) < 4.78 is 16.1. The first-order chi connectivity index (χ1) is 11.0. The Morgan fingerprint density at radius 3 is 2.65 bits per heavy atom. The van der Waals surface area contributed by atoms with Gasteiger partial charge in [0, 0.05) is 17.0 Å². The highest BCUT2D eigenvalue weighted by molar-refractivity contribution is 5.83. The summed E-state index contributed by atoms with van der Waals surface area (Å²) in [4.78, 5) is 23.8. The van der Waals surface area contributed by atoms with E-state index >= 15 is 0 Å². The lowest BCUT2D eigenvalue weighted by Crippen LogP contribution is -2.28. The lowest BCUT2D eigenvalue weighted by molar-refractivity contribution is -0.154. The molecule has 0 aliphatic heterocycles. The minimum atomic E-state index is -0.726. The predicted octanol–water partition coefficient (Wildman–Crippen LogP) is 3.00. The van der Waals surface area contributed by atoms with Crippen molar-refractivity contribution < 1.29 is 18.7 Å². The summed E-state index contributed by atoms with van der Waals surface area (Å²) in [6.45, 7) is 5.21. The third-order valence-electron chi connectivity index (χ3n) is 3.94. The smallest absolute Gasteiger partial charge is 0.347 e. The summed E-state index contributed by atoms with van der Waals surface area (Å²) in [6, 6.07) is 5.34. The summed E-state index contributed by atoms with van der Waals surface area (Å²) in [7, 11) is 0. The van der Waals surface area contributed by atoms with Crippen molar-refractivity contribution in [2.75, 3.05) is 0 Å². The molecule has 0 amide bonds. The third-order valence-corrected chi connectivity index (χ3v) is 3.94. The van der Waals surface area contributed by atoms with Crippen molar-refractivity contribution in [1.82, 2.24) is 0 Å². The Bertz CT molecular complexity index is 803. The lowest BCUT2D eigenvalue weighted by atomic mass is 10.1. The predicted molar refractivity (Wildman–Crippen MR) is 85.8 cm³/mol. The first kappa shape index (κ1) is 15.6. The van der Waals surface area contributed by atoms with E-state index < -0.39 is 12.1 Å². The topological polar surface area (TPSA) is 65.7 Å². The molecule has 1 aromatic carbocycles. The molecule has 0 bridgehead atoms. The molecule has 122 valence electrons. The van der Waals surface area contributed by atoms with Crippen LogP contribution in [-0.2, 0) is 22.4 Å². The van der Waals surface area contributed by atoms with Crippen LogP contribution >= 0.6 is 0 Å². The fourth-order valence-corrected chi connectivity index (χ4v) is 2.92. The average molecular weight is 316 g/mol. The molecule has 0 fully saturated rings. The molecule has 0 unspecified atom stereocenters. The molecule has 3 rings (SSSR count). The first-order valence-corrected chi connectivity index (χ1v) is 7.91. The normalized spacial score (nSPS) is 14.8. The van der Waals surface area contributed by atoms with Crippen LogP contribution in [0.4, 0.5) is 0 Å². The molecule has 1 aliphatic carbocycles. The summed E-state index contributed by atoms with van der Waals surface area (Å²) in [5.74, 6) is 0.0577. The number of hydrogen-bond donors (Lipinski definition) is 0. The molecule has 1 atom stereocenters. The van der Waals surface area contributed by atoms with Crippen LogP contribution in [0.2, 0.25) is 0 Å². The van der Waals surface area contributed by atoms with Crippen LogP contribution in [0.15, 0.2) is 27.4 Å². The highest BCUT2D eigenvalue weighted by Gasteiger charge is 2.21. The molecule has 0 spiro atoms. The molecule has 1 heterocycles. The number of benzene rings is 1. The number of esters is 1. The van der Waals surface area contributed by atoms with Crippen LogP contribution in [0.5, 0.6) is 5.75 Å². The lowest BCUT2D eigenvalue weighted by Gasteiger charge is -2.16. The van der Waals surface area contributed by atoms with Crippen molar-refractivity contribution in [3.63, 3.8) is 0 Å². The molecule has 1 aliphatic rings. The highest BCUT2D eigenvalue weighted by Crippen LogP contribution is 2.29. The van der Waals surface area contributed by atoms with E-state index in [2.05, 4.69) is 0 Å². The molecule has 23 heavy (non-hydrogen) atoms. The monoisotopic (exact) mass is 316 g/mol. The van der Waals surface area contributed by atoms with E-state index in [0.29, 0.717) is 11.3 Å². The van der Waals surface area contributed by atoms with Crippen molar-refractivity contribution in [2.45, 2.75) is 52.2 Å². The van der Waals surface area contributed by atoms with Gasteiger partial charge in [-0.3, -0.25) is 0 Å². The van der Waals surface area contributed by atoms with E-state index in [1.165, 1.54) is 0 Å². The van der Waals surface area contributed by atoms with Crippen molar-refractivity contribution in [3.05, 3.63) is 39.7 Å². The van der Waals surface area contributed by atoms with Gasteiger partial charge in [0.1, 0.15) is 11.3 Å². The second kappa shape index (κ2) is 6.07. The van der Waals surface area contributed by atoms with E-state index in [-0.39, 0.29) is 11.7 Å². The maximum Gasteiger partial charge on any atom is 0.347 e. The Morgan fingerprint density at radius 2 is 1.91 bits per heavy atom. The van der Waals surface area contributed by atoms with Gasteiger partial charge in [0.2, 0.25) is 0 Å². The quantitative estimate of drug-likeness (QED) is 0.641. The van der Waals surface area contributed by atoms with Crippen molar-refractivity contribution in [3.8, 4) is 5.75 Å². The number of rotatable bonds is 4. The number of ether oxygens (including phenoxy) is 2. The van der Waals surface area contributed by atoms with Crippen LogP contribution in [0.3, 0.4) is 0 Å². The summed E-state index contributed by atoms with van der Waals surface area (Å²) in [5, 5.41) is 0.946. The summed E-state index contributed by atoms with van der Waals surface area (Å²) in [6.07, 6.45) is 1.75. The number of carbonyl (C=O) groups excluding carboxylic acids is 1. The number of carbonyl (C=O) groups is 1. The largest absolute Gasteiger partial charge is 0.479 e. The average Bonchev–Trinajstić information content (AvgIpc) is 2.96. The van der Waals surface area contributed by atoms with Gasteiger partial charge >= 0.3 is 11.6 Å². The zero-order valence-electron chi connectivity index (χ0n) is 13.5. The van der Waals surface area contributed by atoms with Crippen molar-refractivity contribution in [1.29, 1.82) is 0 Å². The fraction of sp³-hybridized carbons (Fsp3) is 0.444. The maximum atomic E-state index is 12.0. The van der Waals surface area contributed by atoms with Gasteiger partial charge in [-0.1, -0.05) is 0 Å². The summed E-state index contributed by atoms with van der Waals surface area (Å²) >= 11 is 0. The van der Waals surface area contributed by atoms with Gasteiger partial charge in [0.05, 0.1) is 6.10 Å². The van der Waals surface area contributed by atoms with Crippen molar-refractivity contribution in [2.24, 2.45) is 0 Å². The van der Waals surface area contributed by atoms with E-state index in [4.69, 9.17) is 13.9 Å². The van der Waals surface area contributed by atoms with Gasteiger partial charge < -0.3 is 13.9 Å². The Kier molecular flexibility index (Phi) is 4.11. The van der Waals surface area contributed by atoms with Crippen LogP contribution in [-0.4, -0.2) is 18.2 Å². The zero-order chi connectivity index (χ0) is 16.6. The Morgan fingerprint density at radius 1 is 1.17 bits per heavy atom. The van der Waals surface area contributed by atoms with Gasteiger partial charge in [-0.15, -0.1) is 0 Å². The minimum absolute atomic E-state index is 0.189. The van der Waals surface area contributed by atoms with E-state index in [1.54, 1.807) is 32.9 Å². The molecule has 5 nitrogen and oxygen atoms in total. The van der Waals surface area contributed by atoms with Gasteiger partial charge in [0.15, 0.2) is 6.10 Å². The van der Waals surface area contributed by atoms with Gasteiger partial charge in [0.25, 0.3) is 0 Å². The molecular formula is C18H20O5. The Labute approximate surface area is 134 Å². The summed E-state index contributed by atoms with van der Waals surface area (Å²) in [5.41, 5.74) is 2.10. The fourth-order valence-electron chi connectivity index (χ4n) is 2.92. The molecule has 2 aromatic rings. The number of fused-ring (bicyclic) bond motifs is 3. The molecule has 1 aromatic heterocycles. The van der Waals surface area contributed by atoms with Crippen LogP contribution in [0, 0.1) is 0 Å². The van der Waals surface area contributed by atoms with Crippen LogP contribution < -0.4 is 10.4 Å². The zero-order valence-corrected chi connectivity index (χ0v) is 13.5. The SMILES string of the molecule is CC(C)OC(=O)[C@H](C)Oc1ccc2c3c(c(=O)oc2c1)CCC3. The van der Waals surface area contributed by atoms with Crippen LogP contribution in [0.25, 0.3) is 11.0 Å². The second-order valence-electron chi connectivity index (χ2n) is 6.10. The molecule has 0 saturated carbocycles. The Balaban J connectivity index is 1.88. The Hall–Kier alpha value is -2.30. The van der Waals surface area contributed by atoms with E-state index in [0.717, 1.165) is 35.8 Å². The maximum absolute atomic E-state index is 12.0. The number of hydrogen-bond acceptors (Lipinski definition) is 5. The molecule has 5 heteroatoms. The van der Waals surface area contributed by atoms with E-state index in [1.807, 2.05) is 6.07 Å². The molecule has 0 N–H and O–H groups in total. The first-order valence-electron chi connectivity index (χ1n) is 7.91. The number of aryl methyl sites for hydroxylation is 1. The molecule has 0 saturated heterocycles. The standard InChI is InChI=1S/C18H20O5/c1-10(2)21-17(19)11(3)22-12-7-8-14-13-5-4-6-15(13)18(20)23-16(14)9-12/h7-11H,4-6H2,1-3H3/t11-/m0/s1. The van der Waals surface area contributed by atoms with Gasteiger partial charge in [-0.25, -0.2) is 9.59 Å². The second-order valence-corrected chi connectivity index (χ2v) is 6.10. The van der Waals surface area contributed by atoms with Gasteiger partial charge in [-0.05, 0) is 57.7 Å². The minimum Gasteiger partial charge on any atom is -0.479 e. The van der Waals surface area contributed by atoms with Gasteiger partial charge in [-0.2, -0.15) is 0 Å². The van der Waals surface area contributed by atoms with Crippen molar-refractivity contribution >= 4 is 16.9 Å². The molecular weight excluding hydrogens is 296 g/mol. The van der Waals surface area contributed by atoms with Crippen LogP contribution in [0.1, 0.15) is 38.3 Å². The van der Waals surface area contributed by atoms with E-state index in [9.17, 15) is 9.59 Å². The third kappa shape index (κ3) is 3.09. The highest BCUT2D eigenvalue weighted by atomic mass is 16.6.